The maximum absolute atomic E-state index is 12.3. The highest BCUT2D eigenvalue weighted by Crippen LogP contribution is 2.29. The van der Waals surface area contributed by atoms with Gasteiger partial charge in [-0.3, -0.25) is 14.4 Å². The summed E-state index contributed by atoms with van der Waals surface area (Å²) >= 11 is 4.44. The Morgan fingerprint density at radius 2 is 1.19 bits per heavy atom. The highest BCUT2D eigenvalue weighted by molar-refractivity contribution is 9.11. The maximum Gasteiger partial charge on any atom is 0.416 e. The number of nitrogens with zero attached hydrogens (tertiary/aromatic N) is 3. The van der Waals surface area contributed by atoms with E-state index in [1.54, 1.807) is 54.6 Å². The Morgan fingerprint density at radius 3 is 1.58 bits per heavy atom. The molecule has 9 nitrogen and oxygen atoms in total. The van der Waals surface area contributed by atoms with Crippen LogP contribution in [0, 0.1) is 34.0 Å². The van der Waals surface area contributed by atoms with Gasteiger partial charge in [0.25, 0.3) is 0 Å². The number of allylic oxidation sites excluding steroid dienone is 6. The molecule has 0 spiro atoms. The number of hydrogen-bond donors (Lipinski definition) is 3. The normalized spacial score (nSPS) is 12.0. The Balaban J connectivity index is 0.000000363. The van der Waals surface area contributed by atoms with E-state index in [9.17, 15) is 32.7 Å². The molecule has 0 aliphatic carbocycles. The first-order valence-electron chi connectivity index (χ1n) is 13.6. The average Bonchev–Trinajstić information content (AvgIpc) is 3.48. The number of hydrogen-bond acceptors (Lipinski definition) is 10. The largest absolute Gasteiger partial charge is 0.511 e. The Bertz CT molecular complexity index is 1850. The SMILES string of the molecule is C/C(O)=C(/C#N)C(=O)c1ccc(Br)s1.C/C(O)=C(\C#N)C(=O)c1ccc(C(F)(F)F)cc1.CCC/C(O)=C(\C#N)C(=O)c1ccccc1. The van der Waals surface area contributed by atoms with E-state index in [1.165, 1.54) is 24.3 Å². The van der Waals surface area contributed by atoms with Crippen molar-refractivity contribution in [2.75, 3.05) is 0 Å². The lowest BCUT2D eigenvalue weighted by Gasteiger charge is -2.07. The number of carbonyl (C=O) groups excluding carboxylic acids is 3. The summed E-state index contributed by atoms with van der Waals surface area (Å²) in [6.45, 7) is 4.35. The number of ketones is 3. The fraction of sp³-hybridized carbons (Fsp3) is 0.176. The van der Waals surface area contributed by atoms with Gasteiger partial charge in [0.2, 0.25) is 17.3 Å². The highest BCUT2D eigenvalue weighted by Gasteiger charge is 2.30. The van der Waals surface area contributed by atoms with E-state index in [2.05, 4.69) is 15.9 Å². The number of rotatable bonds is 8. The lowest BCUT2D eigenvalue weighted by Crippen LogP contribution is -2.07. The van der Waals surface area contributed by atoms with Crippen LogP contribution >= 0.6 is 27.3 Å². The van der Waals surface area contributed by atoms with Crippen LogP contribution in [0.1, 0.15) is 69.6 Å². The van der Waals surface area contributed by atoms with Crippen LogP contribution < -0.4 is 0 Å². The minimum absolute atomic E-state index is 0.0899. The standard InChI is InChI=1S/C13H13NO2.C12H8F3NO2.C9H6BrNO2S/c1-2-6-12(15)11(9-14)13(16)10-7-4-3-5-8-10;1-7(17)10(6-16)11(18)8-2-4-9(5-3-8)12(13,14)15;1-5(12)6(4-11)9(13)7-2-3-8(10)14-7/h3-5,7-8,15H,2,6H2,1H3;2-5,17H,1H3;2-3,12H,1H3/b12-11-;10-7-;6-5+. The van der Waals surface area contributed by atoms with Gasteiger partial charge in [-0.2, -0.15) is 29.0 Å². The molecule has 1 heterocycles. The zero-order chi connectivity index (χ0) is 36.6. The van der Waals surface area contributed by atoms with Gasteiger partial charge in [-0.05, 0) is 60.5 Å². The maximum atomic E-state index is 12.3. The topological polar surface area (TPSA) is 183 Å². The minimum atomic E-state index is -4.48. The van der Waals surface area contributed by atoms with Crippen molar-refractivity contribution in [1.29, 1.82) is 15.8 Å². The van der Waals surface area contributed by atoms with Crippen molar-refractivity contribution in [3.05, 3.63) is 126 Å². The van der Waals surface area contributed by atoms with Gasteiger partial charge in [0.05, 0.1) is 14.2 Å². The smallest absolute Gasteiger partial charge is 0.416 e. The fourth-order valence-electron chi connectivity index (χ4n) is 3.45. The van der Waals surface area contributed by atoms with Crippen LogP contribution in [0.15, 0.2) is 105 Å². The van der Waals surface area contributed by atoms with Crippen molar-refractivity contribution < 1.29 is 42.9 Å². The highest BCUT2D eigenvalue weighted by atomic mass is 79.9. The first kappa shape index (κ1) is 40.5. The van der Waals surface area contributed by atoms with Gasteiger partial charge in [-0.15, -0.1) is 11.3 Å². The lowest BCUT2D eigenvalue weighted by molar-refractivity contribution is -0.137. The second-order valence-electron chi connectivity index (χ2n) is 9.36. The summed E-state index contributed by atoms with van der Waals surface area (Å²) < 4.78 is 37.7. The quantitative estimate of drug-likeness (QED) is 0.0876. The summed E-state index contributed by atoms with van der Waals surface area (Å²) in [5, 5.41) is 53.9. The zero-order valence-electron chi connectivity index (χ0n) is 25.6. The summed E-state index contributed by atoms with van der Waals surface area (Å²) in [7, 11) is 0. The lowest BCUT2D eigenvalue weighted by atomic mass is 10.0. The molecule has 2 aromatic carbocycles. The number of alkyl halides is 3. The zero-order valence-corrected chi connectivity index (χ0v) is 28.0. The summed E-state index contributed by atoms with van der Waals surface area (Å²) in [5.41, 5.74) is -1.42. The Labute approximate surface area is 286 Å². The van der Waals surface area contributed by atoms with E-state index in [0.717, 1.165) is 35.0 Å². The molecule has 3 aromatic rings. The van der Waals surface area contributed by atoms with Gasteiger partial charge >= 0.3 is 6.18 Å². The van der Waals surface area contributed by atoms with Crippen LogP contribution in [0.4, 0.5) is 13.2 Å². The van der Waals surface area contributed by atoms with Crippen LogP contribution in [0.25, 0.3) is 0 Å². The second-order valence-corrected chi connectivity index (χ2v) is 11.8. The molecule has 0 bridgehead atoms. The molecule has 0 aliphatic rings. The number of thiophene rings is 1. The van der Waals surface area contributed by atoms with Crippen LogP contribution in [0.5, 0.6) is 0 Å². The Morgan fingerprint density at radius 1 is 0.729 bits per heavy atom. The van der Waals surface area contributed by atoms with Crippen molar-refractivity contribution in [3.8, 4) is 18.2 Å². The van der Waals surface area contributed by atoms with E-state index < -0.39 is 40.4 Å². The number of benzene rings is 2. The van der Waals surface area contributed by atoms with E-state index in [-0.39, 0.29) is 28.2 Å². The van der Waals surface area contributed by atoms with Gasteiger partial charge in [0.1, 0.15) is 52.2 Å². The van der Waals surface area contributed by atoms with Crippen molar-refractivity contribution in [3.63, 3.8) is 0 Å². The van der Waals surface area contributed by atoms with Crippen molar-refractivity contribution in [2.45, 2.75) is 39.8 Å². The van der Waals surface area contributed by atoms with Gasteiger partial charge < -0.3 is 15.3 Å². The molecule has 0 amide bonds. The second kappa shape index (κ2) is 19.2. The molecule has 1 aromatic heterocycles. The monoisotopic (exact) mass is 741 g/mol. The first-order valence-corrected chi connectivity index (χ1v) is 15.2. The minimum Gasteiger partial charge on any atom is -0.511 e. The molecule has 48 heavy (non-hydrogen) atoms. The predicted octanol–water partition coefficient (Wildman–Crippen LogP) is 9.30. The summed E-state index contributed by atoms with van der Waals surface area (Å²) in [6, 6.07) is 20.2. The molecule has 248 valence electrons. The molecular weight excluding hydrogens is 715 g/mol. The third kappa shape index (κ3) is 12.0. The molecule has 3 rings (SSSR count). The molecule has 0 saturated carbocycles. The third-order valence-electron chi connectivity index (χ3n) is 5.82. The van der Waals surface area contributed by atoms with Crippen LogP contribution in [0.2, 0.25) is 0 Å². The molecule has 0 aliphatic heterocycles. The van der Waals surface area contributed by atoms with Crippen LogP contribution in [-0.2, 0) is 6.18 Å². The molecule has 0 saturated heterocycles. The molecular formula is C34H27BrF3N3O6S. The van der Waals surface area contributed by atoms with Crippen molar-refractivity contribution in [2.24, 2.45) is 0 Å². The number of aliphatic hydroxyl groups is 3. The number of nitriles is 3. The van der Waals surface area contributed by atoms with Crippen molar-refractivity contribution >= 4 is 44.6 Å². The van der Waals surface area contributed by atoms with E-state index >= 15 is 0 Å². The average molecular weight is 743 g/mol. The predicted molar refractivity (Wildman–Crippen MR) is 175 cm³/mol. The number of halogens is 4. The number of aliphatic hydroxyl groups excluding tert-OH is 3. The number of carbonyl (C=O) groups is 3. The Hall–Kier alpha value is -5.49. The van der Waals surface area contributed by atoms with Crippen LogP contribution in [-0.4, -0.2) is 32.7 Å². The van der Waals surface area contributed by atoms with E-state index in [0.29, 0.717) is 23.3 Å². The third-order valence-corrected chi connectivity index (χ3v) is 7.45. The van der Waals surface area contributed by atoms with Gasteiger partial charge in [-0.25, -0.2) is 0 Å². The Kier molecular flexibility index (Phi) is 16.2. The van der Waals surface area contributed by atoms with Crippen LogP contribution in [0.3, 0.4) is 0 Å². The summed E-state index contributed by atoms with van der Waals surface area (Å²) in [4.78, 5) is 35.5. The van der Waals surface area contributed by atoms with E-state index in [4.69, 9.17) is 26.0 Å². The van der Waals surface area contributed by atoms with Gasteiger partial charge in [-0.1, -0.05) is 49.4 Å². The fourth-order valence-corrected chi connectivity index (χ4v) is 4.78. The van der Waals surface area contributed by atoms with Crippen molar-refractivity contribution in [1.82, 2.24) is 0 Å². The molecule has 3 N–H and O–H groups in total. The van der Waals surface area contributed by atoms with E-state index in [1.807, 2.05) is 6.92 Å². The molecule has 0 fully saturated rings. The first-order chi connectivity index (χ1) is 22.5. The summed E-state index contributed by atoms with van der Waals surface area (Å²) in [5.74, 6) is -2.52. The molecule has 14 heteroatoms. The molecule has 0 radical (unpaired) electrons. The van der Waals surface area contributed by atoms with Gasteiger partial charge in [0, 0.05) is 17.5 Å². The molecule has 0 unspecified atom stereocenters. The summed E-state index contributed by atoms with van der Waals surface area (Å²) in [6.07, 6.45) is -3.44. The molecule has 0 atom stereocenters. The number of Topliss-reactive ketones (excluding diaryl/α,β-unsaturated/α-hetero) is 3. The van der Waals surface area contributed by atoms with Gasteiger partial charge in [0.15, 0.2) is 0 Å².